The summed E-state index contributed by atoms with van der Waals surface area (Å²) in [6.45, 7) is 3.70. The number of carbonyl (C=O) groups is 2. The van der Waals surface area contributed by atoms with Crippen LogP contribution in [-0.2, 0) is 6.42 Å². The van der Waals surface area contributed by atoms with Gasteiger partial charge in [0.05, 0.1) is 10.7 Å². The molecule has 0 saturated heterocycles. The molecule has 0 bridgehead atoms. The second-order valence-electron chi connectivity index (χ2n) is 4.18. The minimum Gasteiger partial charge on any atom is -0.477 e. The maximum Gasteiger partial charge on any atom is 0.346 e. The molecule has 2 aromatic heterocycles. The van der Waals surface area contributed by atoms with Gasteiger partial charge < -0.3 is 10.4 Å². The molecule has 0 fully saturated rings. The molecule has 20 heavy (non-hydrogen) atoms. The van der Waals surface area contributed by atoms with E-state index in [2.05, 4.69) is 14.9 Å². The molecule has 8 heteroatoms. The molecule has 2 aromatic rings. The molecule has 0 saturated carbocycles. The maximum atomic E-state index is 12.1. The Kier molecular flexibility index (Phi) is 4.46. The van der Waals surface area contributed by atoms with E-state index >= 15 is 0 Å². The number of amides is 1. The number of aryl methyl sites for hydroxylation is 2. The topological polar surface area (TPSA) is 92.2 Å². The molecule has 0 atom stereocenters. The van der Waals surface area contributed by atoms with Gasteiger partial charge in [-0.05, 0) is 36.5 Å². The Hall–Kier alpha value is -1.80. The van der Waals surface area contributed by atoms with E-state index in [0.29, 0.717) is 27.6 Å². The van der Waals surface area contributed by atoms with Gasteiger partial charge in [0.15, 0.2) is 0 Å². The van der Waals surface area contributed by atoms with E-state index in [-0.39, 0.29) is 10.8 Å². The number of carboxylic acids is 1. The highest BCUT2D eigenvalue weighted by atomic mass is 32.1. The first kappa shape index (κ1) is 14.6. The lowest BCUT2D eigenvalue weighted by atomic mass is 10.2. The van der Waals surface area contributed by atoms with Crippen LogP contribution in [0.3, 0.4) is 0 Å². The lowest BCUT2D eigenvalue weighted by molar-refractivity contribution is 0.0701. The number of anilines is 1. The van der Waals surface area contributed by atoms with Gasteiger partial charge in [-0.25, -0.2) is 4.79 Å². The average Bonchev–Trinajstić information content (AvgIpc) is 2.96. The Morgan fingerprint density at radius 2 is 2.15 bits per heavy atom. The summed E-state index contributed by atoms with van der Waals surface area (Å²) in [5, 5.41) is 16.1. The van der Waals surface area contributed by atoms with Crippen molar-refractivity contribution < 1.29 is 14.7 Å². The van der Waals surface area contributed by atoms with Crippen LogP contribution in [-0.4, -0.2) is 26.6 Å². The van der Waals surface area contributed by atoms with Crippen molar-refractivity contribution in [2.75, 3.05) is 5.32 Å². The molecule has 2 heterocycles. The SMILES string of the molecule is CCCc1nnsc1C(=O)Nc1cc(C)c(C(=O)O)s1. The summed E-state index contributed by atoms with van der Waals surface area (Å²) < 4.78 is 3.79. The summed E-state index contributed by atoms with van der Waals surface area (Å²) in [5.74, 6) is -1.28. The van der Waals surface area contributed by atoms with Crippen LogP contribution in [0.15, 0.2) is 6.07 Å². The summed E-state index contributed by atoms with van der Waals surface area (Å²) in [6, 6.07) is 1.65. The van der Waals surface area contributed by atoms with Crippen LogP contribution in [0.2, 0.25) is 0 Å². The molecule has 0 spiro atoms. The van der Waals surface area contributed by atoms with Gasteiger partial charge in [-0.2, -0.15) is 0 Å². The zero-order valence-corrected chi connectivity index (χ0v) is 12.6. The van der Waals surface area contributed by atoms with Crippen molar-refractivity contribution >= 4 is 39.7 Å². The summed E-state index contributed by atoms with van der Waals surface area (Å²) in [7, 11) is 0. The Balaban J connectivity index is 2.17. The summed E-state index contributed by atoms with van der Waals surface area (Å²) in [4.78, 5) is 23.8. The molecule has 0 aromatic carbocycles. The minimum atomic E-state index is -0.987. The fourth-order valence-electron chi connectivity index (χ4n) is 1.71. The van der Waals surface area contributed by atoms with Crippen LogP contribution in [0.5, 0.6) is 0 Å². The molecule has 0 aliphatic carbocycles. The number of hydrogen-bond acceptors (Lipinski definition) is 6. The third-order valence-electron chi connectivity index (χ3n) is 2.60. The predicted molar refractivity (Wildman–Crippen MR) is 77.9 cm³/mol. The summed E-state index contributed by atoms with van der Waals surface area (Å²) in [5.41, 5.74) is 1.32. The van der Waals surface area contributed by atoms with E-state index in [4.69, 9.17) is 5.11 Å². The number of hydrogen-bond donors (Lipinski definition) is 2. The van der Waals surface area contributed by atoms with E-state index in [1.54, 1.807) is 13.0 Å². The van der Waals surface area contributed by atoms with Crippen LogP contribution in [0.25, 0.3) is 0 Å². The first-order valence-electron chi connectivity index (χ1n) is 5.99. The zero-order valence-electron chi connectivity index (χ0n) is 11.0. The quantitative estimate of drug-likeness (QED) is 0.885. The highest BCUT2D eigenvalue weighted by molar-refractivity contribution is 7.18. The van der Waals surface area contributed by atoms with E-state index in [0.717, 1.165) is 29.3 Å². The zero-order chi connectivity index (χ0) is 14.7. The molecule has 2 N–H and O–H groups in total. The Morgan fingerprint density at radius 1 is 1.40 bits per heavy atom. The molecular weight excluding hydrogens is 298 g/mol. The van der Waals surface area contributed by atoms with Crippen molar-refractivity contribution in [3.63, 3.8) is 0 Å². The van der Waals surface area contributed by atoms with Gasteiger partial charge in [-0.1, -0.05) is 17.8 Å². The molecule has 0 aliphatic rings. The number of nitrogens with one attached hydrogen (secondary N) is 1. The molecular formula is C12H13N3O3S2. The Morgan fingerprint density at radius 3 is 2.75 bits per heavy atom. The Bertz CT molecular complexity index is 648. The fraction of sp³-hybridized carbons (Fsp3) is 0.333. The molecule has 2 rings (SSSR count). The number of aromatic nitrogens is 2. The van der Waals surface area contributed by atoms with Crippen LogP contribution in [0.4, 0.5) is 5.00 Å². The monoisotopic (exact) mass is 311 g/mol. The highest BCUT2D eigenvalue weighted by Gasteiger charge is 2.18. The van der Waals surface area contributed by atoms with Gasteiger partial charge in [0.2, 0.25) is 0 Å². The average molecular weight is 311 g/mol. The van der Waals surface area contributed by atoms with Crippen LogP contribution >= 0.6 is 22.9 Å². The third-order valence-corrected chi connectivity index (χ3v) is 4.50. The lowest BCUT2D eigenvalue weighted by Gasteiger charge is -2.00. The van der Waals surface area contributed by atoms with Gasteiger partial charge in [0.25, 0.3) is 5.91 Å². The van der Waals surface area contributed by atoms with Crippen molar-refractivity contribution in [2.24, 2.45) is 0 Å². The van der Waals surface area contributed by atoms with E-state index in [9.17, 15) is 9.59 Å². The van der Waals surface area contributed by atoms with Crippen molar-refractivity contribution in [1.29, 1.82) is 0 Å². The van der Waals surface area contributed by atoms with E-state index in [1.807, 2.05) is 6.92 Å². The number of carbonyl (C=O) groups excluding carboxylic acids is 1. The normalized spacial score (nSPS) is 10.5. The van der Waals surface area contributed by atoms with Crippen LogP contribution in [0.1, 0.15) is 43.9 Å². The van der Waals surface area contributed by atoms with Gasteiger partial charge in [0.1, 0.15) is 9.75 Å². The van der Waals surface area contributed by atoms with Crippen LogP contribution in [0, 0.1) is 6.92 Å². The smallest absolute Gasteiger partial charge is 0.346 e. The molecule has 0 unspecified atom stereocenters. The Labute approximate surface area is 123 Å². The van der Waals surface area contributed by atoms with Gasteiger partial charge in [0, 0.05) is 0 Å². The number of rotatable bonds is 5. The number of nitrogens with zero attached hydrogens (tertiary/aromatic N) is 2. The van der Waals surface area contributed by atoms with Gasteiger partial charge in [-0.3, -0.25) is 4.79 Å². The number of carboxylic acid groups (broad SMARTS) is 1. The van der Waals surface area contributed by atoms with E-state index < -0.39 is 5.97 Å². The van der Waals surface area contributed by atoms with Crippen molar-refractivity contribution in [3.05, 3.63) is 27.1 Å². The number of aromatic carboxylic acids is 1. The van der Waals surface area contributed by atoms with Gasteiger partial charge in [-0.15, -0.1) is 16.4 Å². The van der Waals surface area contributed by atoms with Crippen molar-refractivity contribution in [2.45, 2.75) is 26.7 Å². The fourth-order valence-corrected chi connectivity index (χ4v) is 3.22. The second-order valence-corrected chi connectivity index (χ2v) is 5.99. The standard InChI is InChI=1S/C12H13N3O3S2/c1-3-4-7-10(20-15-14-7)11(16)13-8-5-6(2)9(19-8)12(17)18/h5H,3-4H2,1-2H3,(H,13,16)(H,17,18). The molecule has 1 amide bonds. The summed E-state index contributed by atoms with van der Waals surface area (Å²) in [6.07, 6.45) is 1.58. The second kappa shape index (κ2) is 6.10. The van der Waals surface area contributed by atoms with E-state index in [1.165, 1.54) is 0 Å². The predicted octanol–water partition coefficient (Wildman–Crippen LogP) is 2.81. The van der Waals surface area contributed by atoms with Crippen LogP contribution < -0.4 is 5.32 Å². The lowest BCUT2D eigenvalue weighted by Crippen LogP contribution is -2.11. The first-order valence-corrected chi connectivity index (χ1v) is 7.58. The minimum absolute atomic E-state index is 0.233. The molecule has 106 valence electrons. The third kappa shape index (κ3) is 3.02. The molecule has 0 radical (unpaired) electrons. The first-order chi connectivity index (χ1) is 9.52. The molecule has 0 aliphatic heterocycles. The maximum absolute atomic E-state index is 12.1. The number of thiophene rings is 1. The summed E-state index contributed by atoms with van der Waals surface area (Å²) >= 11 is 2.09. The molecule has 6 nitrogen and oxygen atoms in total. The largest absolute Gasteiger partial charge is 0.477 e. The van der Waals surface area contributed by atoms with Crippen molar-refractivity contribution in [1.82, 2.24) is 9.59 Å². The van der Waals surface area contributed by atoms with Gasteiger partial charge >= 0.3 is 5.97 Å². The highest BCUT2D eigenvalue weighted by Crippen LogP contribution is 2.27. The van der Waals surface area contributed by atoms with Crippen molar-refractivity contribution in [3.8, 4) is 0 Å².